The van der Waals surface area contributed by atoms with Gasteiger partial charge < -0.3 is 9.88 Å². The normalized spacial score (nSPS) is 12.4. The number of amides is 1. The van der Waals surface area contributed by atoms with Crippen molar-refractivity contribution in [3.63, 3.8) is 0 Å². The Balaban J connectivity index is 1.79. The molecule has 1 unspecified atom stereocenters. The van der Waals surface area contributed by atoms with Crippen LogP contribution in [0.15, 0.2) is 41.0 Å². The Morgan fingerprint density at radius 3 is 3.00 bits per heavy atom. The monoisotopic (exact) mass is 346 g/mol. The van der Waals surface area contributed by atoms with Gasteiger partial charge in [0.2, 0.25) is 5.91 Å². The van der Waals surface area contributed by atoms with E-state index in [0.29, 0.717) is 5.13 Å². The summed E-state index contributed by atoms with van der Waals surface area (Å²) < 4.78 is 2.19. The van der Waals surface area contributed by atoms with Crippen molar-refractivity contribution in [2.24, 2.45) is 0 Å². The number of aryl methyl sites for hydroxylation is 1. The van der Waals surface area contributed by atoms with Gasteiger partial charge in [-0.3, -0.25) is 4.79 Å². The van der Waals surface area contributed by atoms with Crippen molar-refractivity contribution in [3.05, 3.63) is 35.8 Å². The van der Waals surface area contributed by atoms with Gasteiger partial charge in [0.25, 0.3) is 0 Å². The third kappa shape index (κ3) is 3.56. The SMILES string of the molecule is CCCn1c(SC(C)C(=O)Nc2nccs2)nc2ccccc21. The molecule has 23 heavy (non-hydrogen) atoms. The molecule has 0 fully saturated rings. The fourth-order valence-corrected chi connectivity index (χ4v) is 3.77. The highest BCUT2D eigenvalue weighted by atomic mass is 32.2. The Bertz CT molecular complexity index is 798. The van der Waals surface area contributed by atoms with Crippen LogP contribution in [0.5, 0.6) is 0 Å². The smallest absolute Gasteiger partial charge is 0.239 e. The molecule has 0 aliphatic heterocycles. The number of fused-ring (bicyclic) bond motifs is 1. The molecule has 3 rings (SSSR count). The number of hydrogen-bond donors (Lipinski definition) is 1. The lowest BCUT2D eigenvalue weighted by molar-refractivity contribution is -0.115. The zero-order chi connectivity index (χ0) is 16.2. The fourth-order valence-electron chi connectivity index (χ4n) is 2.29. The highest BCUT2D eigenvalue weighted by molar-refractivity contribution is 8.00. The summed E-state index contributed by atoms with van der Waals surface area (Å²) in [5, 5.41) is 5.95. The molecule has 2 aromatic heterocycles. The van der Waals surface area contributed by atoms with Gasteiger partial charge in [-0.15, -0.1) is 11.3 Å². The first-order valence-corrected chi connectivity index (χ1v) is 9.27. The average molecular weight is 346 g/mol. The number of thiazole rings is 1. The molecule has 0 saturated heterocycles. The maximum absolute atomic E-state index is 12.3. The predicted molar refractivity (Wildman–Crippen MR) is 96.1 cm³/mol. The molecular weight excluding hydrogens is 328 g/mol. The van der Waals surface area contributed by atoms with E-state index in [2.05, 4.69) is 32.8 Å². The number of para-hydroxylation sites is 2. The summed E-state index contributed by atoms with van der Waals surface area (Å²) in [5.74, 6) is -0.0555. The van der Waals surface area contributed by atoms with Gasteiger partial charge in [0.1, 0.15) is 0 Å². The lowest BCUT2D eigenvalue weighted by Crippen LogP contribution is -2.22. The summed E-state index contributed by atoms with van der Waals surface area (Å²) in [6.07, 6.45) is 2.70. The van der Waals surface area contributed by atoms with Crippen molar-refractivity contribution in [2.45, 2.75) is 37.2 Å². The lowest BCUT2D eigenvalue weighted by Gasteiger charge is -2.12. The summed E-state index contributed by atoms with van der Waals surface area (Å²) in [5.41, 5.74) is 2.08. The van der Waals surface area contributed by atoms with E-state index in [9.17, 15) is 4.79 Å². The summed E-state index contributed by atoms with van der Waals surface area (Å²) >= 11 is 2.90. The molecule has 1 aromatic carbocycles. The number of benzene rings is 1. The zero-order valence-corrected chi connectivity index (χ0v) is 14.7. The van der Waals surface area contributed by atoms with Gasteiger partial charge >= 0.3 is 0 Å². The molecule has 120 valence electrons. The van der Waals surface area contributed by atoms with Crippen LogP contribution in [0, 0.1) is 0 Å². The van der Waals surface area contributed by atoms with Gasteiger partial charge in [-0.1, -0.05) is 30.8 Å². The van der Waals surface area contributed by atoms with Crippen LogP contribution in [0.4, 0.5) is 5.13 Å². The third-order valence-electron chi connectivity index (χ3n) is 3.38. The molecule has 0 spiro atoms. The van der Waals surface area contributed by atoms with Gasteiger partial charge in [-0.05, 0) is 25.5 Å². The zero-order valence-electron chi connectivity index (χ0n) is 13.0. The Kier molecular flexibility index (Phi) is 4.97. The standard InChI is InChI=1S/C16H18N4OS2/c1-3-9-20-13-7-5-4-6-12(13)18-16(20)23-11(2)14(21)19-15-17-8-10-22-15/h4-8,10-11H,3,9H2,1-2H3,(H,17,19,21). The molecule has 5 nitrogen and oxygen atoms in total. The molecule has 2 heterocycles. The highest BCUT2D eigenvalue weighted by Crippen LogP contribution is 2.28. The molecule has 0 radical (unpaired) electrons. The number of imidazole rings is 1. The second-order valence-corrected chi connectivity index (χ2v) is 7.32. The summed E-state index contributed by atoms with van der Waals surface area (Å²) in [4.78, 5) is 21.1. The van der Waals surface area contributed by atoms with E-state index < -0.39 is 0 Å². The molecule has 1 atom stereocenters. The molecule has 3 aromatic rings. The first-order chi connectivity index (χ1) is 11.2. The fraction of sp³-hybridized carbons (Fsp3) is 0.312. The number of carbonyl (C=O) groups excluding carboxylic acids is 1. The molecule has 1 amide bonds. The van der Waals surface area contributed by atoms with E-state index in [-0.39, 0.29) is 11.2 Å². The van der Waals surface area contributed by atoms with Gasteiger partial charge in [0, 0.05) is 18.1 Å². The number of nitrogens with zero attached hydrogens (tertiary/aromatic N) is 3. The van der Waals surface area contributed by atoms with Crippen LogP contribution < -0.4 is 5.32 Å². The number of rotatable bonds is 6. The third-order valence-corrected chi connectivity index (χ3v) is 5.16. The van der Waals surface area contributed by atoms with Crippen LogP contribution in [0.3, 0.4) is 0 Å². The maximum atomic E-state index is 12.3. The van der Waals surface area contributed by atoms with Crippen molar-refractivity contribution in [2.75, 3.05) is 5.32 Å². The topological polar surface area (TPSA) is 59.8 Å². The molecule has 1 N–H and O–H groups in total. The lowest BCUT2D eigenvalue weighted by atomic mass is 10.3. The second-order valence-electron chi connectivity index (χ2n) is 5.12. The van der Waals surface area contributed by atoms with Crippen molar-refractivity contribution in [1.82, 2.24) is 14.5 Å². The summed E-state index contributed by atoms with van der Waals surface area (Å²) in [6.45, 7) is 4.93. The molecule has 0 bridgehead atoms. The van der Waals surface area contributed by atoms with Crippen LogP contribution in [0.1, 0.15) is 20.3 Å². The minimum Gasteiger partial charge on any atom is -0.319 e. The van der Waals surface area contributed by atoms with Crippen LogP contribution in [-0.2, 0) is 11.3 Å². The quantitative estimate of drug-likeness (QED) is 0.685. The Morgan fingerprint density at radius 1 is 1.43 bits per heavy atom. The number of nitrogens with one attached hydrogen (secondary N) is 1. The van der Waals surface area contributed by atoms with Crippen LogP contribution in [0.2, 0.25) is 0 Å². The van der Waals surface area contributed by atoms with Gasteiger partial charge in [-0.25, -0.2) is 9.97 Å². The molecule has 0 saturated carbocycles. The number of anilines is 1. The van der Waals surface area contributed by atoms with E-state index in [1.54, 1.807) is 6.20 Å². The average Bonchev–Trinajstić information content (AvgIpc) is 3.16. The molecule has 7 heteroatoms. The van der Waals surface area contributed by atoms with Crippen molar-refractivity contribution < 1.29 is 4.79 Å². The number of carbonyl (C=O) groups is 1. The molecule has 0 aliphatic carbocycles. The van der Waals surface area contributed by atoms with Gasteiger partial charge in [0.05, 0.1) is 16.3 Å². The summed E-state index contributed by atoms with van der Waals surface area (Å²) in [6, 6.07) is 8.08. The van der Waals surface area contributed by atoms with E-state index in [1.165, 1.54) is 23.1 Å². The number of hydrogen-bond acceptors (Lipinski definition) is 5. The van der Waals surface area contributed by atoms with Crippen LogP contribution in [-0.4, -0.2) is 25.7 Å². The minimum atomic E-state index is -0.244. The van der Waals surface area contributed by atoms with Crippen LogP contribution >= 0.6 is 23.1 Å². The van der Waals surface area contributed by atoms with Gasteiger partial charge in [-0.2, -0.15) is 0 Å². The van der Waals surface area contributed by atoms with E-state index >= 15 is 0 Å². The van der Waals surface area contributed by atoms with Crippen molar-refractivity contribution in [1.29, 1.82) is 0 Å². The van der Waals surface area contributed by atoms with Gasteiger partial charge in [0.15, 0.2) is 10.3 Å². The first-order valence-electron chi connectivity index (χ1n) is 7.51. The van der Waals surface area contributed by atoms with Crippen molar-refractivity contribution in [3.8, 4) is 0 Å². The minimum absolute atomic E-state index is 0.0555. The second kappa shape index (κ2) is 7.14. The largest absolute Gasteiger partial charge is 0.319 e. The summed E-state index contributed by atoms with van der Waals surface area (Å²) in [7, 11) is 0. The first kappa shape index (κ1) is 16.0. The number of thioether (sulfide) groups is 1. The molecular formula is C16H18N4OS2. The van der Waals surface area contributed by atoms with E-state index in [1.807, 2.05) is 30.5 Å². The van der Waals surface area contributed by atoms with E-state index in [4.69, 9.17) is 0 Å². The maximum Gasteiger partial charge on any atom is 0.239 e. The Morgan fingerprint density at radius 2 is 2.26 bits per heavy atom. The Labute approximate surface area is 143 Å². The molecule has 0 aliphatic rings. The highest BCUT2D eigenvalue weighted by Gasteiger charge is 2.19. The van der Waals surface area contributed by atoms with E-state index in [0.717, 1.165) is 29.2 Å². The predicted octanol–water partition coefficient (Wildman–Crippen LogP) is 4.02. The van der Waals surface area contributed by atoms with Crippen molar-refractivity contribution >= 4 is 45.2 Å². The Hall–Kier alpha value is -1.86. The van der Waals surface area contributed by atoms with Crippen LogP contribution in [0.25, 0.3) is 11.0 Å². The number of aromatic nitrogens is 3.